The molecule has 5 heteroatoms. The number of rotatable bonds is 4. The summed E-state index contributed by atoms with van der Waals surface area (Å²) in [6.07, 6.45) is 3.72. The average molecular weight is 337 g/mol. The molecule has 0 aliphatic heterocycles. The molecule has 23 heavy (non-hydrogen) atoms. The SMILES string of the molecule is Cc1ccc(CSc2nccn3nc(-c4cccs4)cc23)cc1. The summed E-state index contributed by atoms with van der Waals surface area (Å²) in [7, 11) is 0. The topological polar surface area (TPSA) is 30.2 Å². The van der Waals surface area contributed by atoms with Gasteiger partial charge in [0, 0.05) is 18.1 Å². The molecule has 4 rings (SSSR count). The average Bonchev–Trinajstić information content (AvgIpc) is 3.23. The van der Waals surface area contributed by atoms with Crippen LogP contribution in [0.2, 0.25) is 0 Å². The molecule has 0 bridgehead atoms. The number of fused-ring (bicyclic) bond motifs is 1. The fourth-order valence-electron chi connectivity index (χ4n) is 2.39. The molecule has 114 valence electrons. The lowest BCUT2D eigenvalue weighted by atomic mass is 10.2. The summed E-state index contributed by atoms with van der Waals surface area (Å²) >= 11 is 3.46. The Hall–Kier alpha value is -2.11. The van der Waals surface area contributed by atoms with Crippen molar-refractivity contribution in [2.24, 2.45) is 0 Å². The second kappa shape index (κ2) is 6.18. The van der Waals surface area contributed by atoms with Gasteiger partial charge in [-0.1, -0.05) is 47.7 Å². The standard InChI is InChI=1S/C18H15N3S2/c1-13-4-6-14(7-5-13)12-23-18-16-11-15(17-3-2-10-22-17)20-21(16)9-8-19-18/h2-11H,12H2,1H3. The molecule has 0 saturated carbocycles. The van der Waals surface area contributed by atoms with Crippen LogP contribution < -0.4 is 0 Å². The predicted molar refractivity (Wildman–Crippen MR) is 97.0 cm³/mol. The Balaban J connectivity index is 1.63. The maximum absolute atomic E-state index is 4.66. The van der Waals surface area contributed by atoms with E-state index in [0.717, 1.165) is 22.0 Å². The zero-order chi connectivity index (χ0) is 15.6. The van der Waals surface area contributed by atoms with E-state index in [1.54, 1.807) is 23.1 Å². The van der Waals surface area contributed by atoms with Crippen molar-refractivity contribution in [3.05, 3.63) is 71.4 Å². The van der Waals surface area contributed by atoms with Gasteiger partial charge in [0.1, 0.15) is 10.7 Å². The molecule has 0 amide bonds. The Morgan fingerprint density at radius 1 is 1.17 bits per heavy atom. The molecule has 0 radical (unpaired) electrons. The number of hydrogen-bond acceptors (Lipinski definition) is 4. The molecule has 0 aliphatic rings. The number of benzene rings is 1. The van der Waals surface area contributed by atoms with Crippen molar-refractivity contribution in [3.8, 4) is 10.6 Å². The van der Waals surface area contributed by atoms with E-state index >= 15 is 0 Å². The zero-order valence-electron chi connectivity index (χ0n) is 12.6. The summed E-state index contributed by atoms with van der Waals surface area (Å²) in [5, 5.41) is 7.75. The van der Waals surface area contributed by atoms with Crippen molar-refractivity contribution >= 4 is 28.6 Å². The molecule has 0 fully saturated rings. The Morgan fingerprint density at radius 2 is 2.04 bits per heavy atom. The van der Waals surface area contributed by atoms with Crippen LogP contribution in [0.3, 0.4) is 0 Å². The highest BCUT2D eigenvalue weighted by Gasteiger charge is 2.10. The van der Waals surface area contributed by atoms with E-state index in [1.807, 2.05) is 16.9 Å². The lowest BCUT2D eigenvalue weighted by Crippen LogP contribution is -1.91. The third-order valence-corrected chi connectivity index (χ3v) is 5.58. The zero-order valence-corrected chi connectivity index (χ0v) is 14.3. The van der Waals surface area contributed by atoms with Gasteiger partial charge in [0.25, 0.3) is 0 Å². The minimum absolute atomic E-state index is 0.909. The van der Waals surface area contributed by atoms with Crippen LogP contribution in [0.5, 0.6) is 0 Å². The Labute approximate surface area is 143 Å². The van der Waals surface area contributed by atoms with E-state index in [4.69, 9.17) is 0 Å². The van der Waals surface area contributed by atoms with Crippen LogP contribution in [0.4, 0.5) is 0 Å². The van der Waals surface area contributed by atoms with Gasteiger partial charge >= 0.3 is 0 Å². The number of aromatic nitrogens is 3. The molecule has 1 aromatic carbocycles. The number of hydrogen-bond donors (Lipinski definition) is 0. The van der Waals surface area contributed by atoms with Crippen LogP contribution in [0.15, 0.2) is 65.3 Å². The first-order valence-corrected chi connectivity index (χ1v) is 9.23. The summed E-state index contributed by atoms with van der Waals surface area (Å²) in [6, 6.07) is 14.9. The van der Waals surface area contributed by atoms with Gasteiger partial charge in [0.05, 0.1) is 10.4 Å². The molecule has 0 N–H and O–H groups in total. The van der Waals surface area contributed by atoms with Crippen molar-refractivity contribution in [1.29, 1.82) is 0 Å². The van der Waals surface area contributed by atoms with Gasteiger partial charge in [-0.05, 0) is 30.0 Å². The van der Waals surface area contributed by atoms with E-state index in [1.165, 1.54) is 16.0 Å². The summed E-state index contributed by atoms with van der Waals surface area (Å²) in [4.78, 5) is 5.72. The summed E-state index contributed by atoms with van der Waals surface area (Å²) in [6.45, 7) is 2.11. The summed E-state index contributed by atoms with van der Waals surface area (Å²) < 4.78 is 1.92. The van der Waals surface area contributed by atoms with Gasteiger partial charge in [0.15, 0.2) is 0 Å². The van der Waals surface area contributed by atoms with Gasteiger partial charge in [0.2, 0.25) is 0 Å². The fraction of sp³-hybridized carbons (Fsp3) is 0.111. The quantitative estimate of drug-likeness (QED) is 0.488. The molecule has 0 spiro atoms. The van der Waals surface area contributed by atoms with Gasteiger partial charge in [-0.2, -0.15) is 5.10 Å². The van der Waals surface area contributed by atoms with E-state index in [9.17, 15) is 0 Å². The highest BCUT2D eigenvalue weighted by atomic mass is 32.2. The second-order valence-electron chi connectivity index (χ2n) is 5.34. The first kappa shape index (κ1) is 14.5. The molecule has 0 atom stereocenters. The number of thiophene rings is 1. The largest absolute Gasteiger partial charge is 0.246 e. The van der Waals surface area contributed by atoms with Crippen molar-refractivity contribution < 1.29 is 0 Å². The van der Waals surface area contributed by atoms with E-state index in [-0.39, 0.29) is 0 Å². The first-order valence-electron chi connectivity index (χ1n) is 7.36. The number of nitrogens with zero attached hydrogens (tertiary/aromatic N) is 3. The Bertz CT molecular complexity index is 925. The van der Waals surface area contributed by atoms with Crippen molar-refractivity contribution in [3.63, 3.8) is 0 Å². The molecular formula is C18H15N3S2. The van der Waals surface area contributed by atoms with E-state index in [2.05, 4.69) is 64.9 Å². The molecular weight excluding hydrogens is 322 g/mol. The molecule has 3 heterocycles. The van der Waals surface area contributed by atoms with Gasteiger partial charge < -0.3 is 0 Å². The lowest BCUT2D eigenvalue weighted by Gasteiger charge is -2.03. The molecule has 3 aromatic heterocycles. The third-order valence-electron chi connectivity index (χ3n) is 3.62. The van der Waals surface area contributed by atoms with E-state index in [0.29, 0.717) is 0 Å². The molecule has 0 saturated heterocycles. The molecule has 4 aromatic rings. The highest BCUT2D eigenvalue weighted by molar-refractivity contribution is 7.98. The van der Waals surface area contributed by atoms with Crippen LogP contribution in [0.1, 0.15) is 11.1 Å². The monoisotopic (exact) mass is 337 g/mol. The molecule has 0 unspecified atom stereocenters. The maximum atomic E-state index is 4.66. The number of thioether (sulfide) groups is 1. The second-order valence-corrected chi connectivity index (χ2v) is 7.26. The molecule has 0 aliphatic carbocycles. The minimum Gasteiger partial charge on any atom is -0.246 e. The summed E-state index contributed by atoms with van der Waals surface area (Å²) in [5.41, 5.74) is 4.66. The van der Waals surface area contributed by atoms with Crippen LogP contribution in [0, 0.1) is 6.92 Å². The Morgan fingerprint density at radius 3 is 2.83 bits per heavy atom. The first-order chi connectivity index (χ1) is 11.3. The summed E-state index contributed by atoms with van der Waals surface area (Å²) in [5.74, 6) is 0.909. The fourth-order valence-corrected chi connectivity index (χ4v) is 4.00. The Kier molecular flexibility index (Phi) is 3.89. The van der Waals surface area contributed by atoms with Gasteiger partial charge in [-0.15, -0.1) is 11.3 Å². The maximum Gasteiger partial charge on any atom is 0.122 e. The van der Waals surface area contributed by atoms with Crippen LogP contribution in [0.25, 0.3) is 16.1 Å². The predicted octanol–water partition coefficient (Wildman–Crippen LogP) is 5.06. The van der Waals surface area contributed by atoms with E-state index < -0.39 is 0 Å². The third kappa shape index (κ3) is 3.02. The van der Waals surface area contributed by atoms with Crippen molar-refractivity contribution in [1.82, 2.24) is 14.6 Å². The van der Waals surface area contributed by atoms with Crippen molar-refractivity contribution in [2.75, 3.05) is 0 Å². The van der Waals surface area contributed by atoms with Crippen molar-refractivity contribution in [2.45, 2.75) is 17.7 Å². The number of aryl methyl sites for hydroxylation is 1. The minimum atomic E-state index is 0.909. The highest BCUT2D eigenvalue weighted by Crippen LogP contribution is 2.29. The lowest BCUT2D eigenvalue weighted by molar-refractivity contribution is 0.921. The molecule has 3 nitrogen and oxygen atoms in total. The smallest absolute Gasteiger partial charge is 0.122 e. The normalized spacial score (nSPS) is 11.2. The van der Waals surface area contributed by atoms with Gasteiger partial charge in [-0.3, -0.25) is 0 Å². The van der Waals surface area contributed by atoms with Gasteiger partial charge in [-0.25, -0.2) is 9.50 Å². The van der Waals surface area contributed by atoms with Crippen LogP contribution in [-0.4, -0.2) is 14.6 Å². The van der Waals surface area contributed by atoms with Crippen LogP contribution in [-0.2, 0) is 5.75 Å². The van der Waals surface area contributed by atoms with Crippen LogP contribution >= 0.6 is 23.1 Å².